The maximum atomic E-state index is 12.3. The average Bonchev–Trinajstić information content (AvgIpc) is 3.14. The summed E-state index contributed by atoms with van der Waals surface area (Å²) in [7, 11) is -3.57. The number of hydrogen-bond donors (Lipinski definition) is 1. The van der Waals surface area contributed by atoms with Gasteiger partial charge in [-0.1, -0.05) is 37.3 Å². The summed E-state index contributed by atoms with van der Waals surface area (Å²) >= 11 is 1.25. The highest BCUT2D eigenvalue weighted by atomic mass is 32.2. The van der Waals surface area contributed by atoms with Crippen LogP contribution >= 0.6 is 11.3 Å². The Morgan fingerprint density at radius 1 is 1.08 bits per heavy atom. The fourth-order valence-corrected chi connectivity index (χ4v) is 4.78. The Bertz CT molecular complexity index is 1040. The number of nitrogens with one attached hydrogen (secondary N) is 1. The molecule has 8 heteroatoms. The van der Waals surface area contributed by atoms with Gasteiger partial charge in [0, 0.05) is 23.1 Å². The molecular formula is C18H19N3O3S2. The smallest absolute Gasteiger partial charge is 0.266 e. The van der Waals surface area contributed by atoms with E-state index in [1.807, 2.05) is 43.3 Å². The van der Waals surface area contributed by atoms with Crippen LogP contribution in [0.4, 0.5) is 0 Å². The van der Waals surface area contributed by atoms with E-state index < -0.39 is 10.0 Å². The Kier molecular flexibility index (Phi) is 5.65. The summed E-state index contributed by atoms with van der Waals surface area (Å²) in [4.78, 5) is 13.0. The molecule has 0 radical (unpaired) electrons. The predicted octanol–water partition coefficient (Wildman–Crippen LogP) is 2.51. The fraction of sp³-hybridized carbons (Fsp3) is 0.222. The van der Waals surface area contributed by atoms with Crippen molar-refractivity contribution in [2.75, 3.05) is 6.54 Å². The zero-order chi connectivity index (χ0) is 18.6. The third-order valence-electron chi connectivity index (χ3n) is 3.80. The molecule has 0 saturated carbocycles. The van der Waals surface area contributed by atoms with Gasteiger partial charge in [0.25, 0.3) is 5.56 Å². The van der Waals surface area contributed by atoms with Crippen molar-refractivity contribution in [3.8, 4) is 11.3 Å². The van der Waals surface area contributed by atoms with E-state index in [9.17, 15) is 13.2 Å². The van der Waals surface area contributed by atoms with Crippen LogP contribution in [0, 0.1) is 0 Å². The van der Waals surface area contributed by atoms with Gasteiger partial charge in [0.15, 0.2) is 0 Å². The molecule has 0 bridgehead atoms. The highest BCUT2D eigenvalue weighted by molar-refractivity contribution is 7.91. The van der Waals surface area contributed by atoms with Crippen molar-refractivity contribution in [3.05, 3.63) is 69.8 Å². The zero-order valence-corrected chi connectivity index (χ0v) is 15.9. The molecule has 0 fully saturated rings. The first-order valence-electron chi connectivity index (χ1n) is 8.21. The van der Waals surface area contributed by atoms with Gasteiger partial charge in [0.05, 0.1) is 12.2 Å². The Morgan fingerprint density at radius 2 is 1.85 bits per heavy atom. The van der Waals surface area contributed by atoms with E-state index in [-0.39, 0.29) is 22.9 Å². The number of hydrogen-bond acceptors (Lipinski definition) is 5. The molecule has 1 N–H and O–H groups in total. The van der Waals surface area contributed by atoms with Crippen molar-refractivity contribution >= 4 is 21.4 Å². The lowest BCUT2D eigenvalue weighted by molar-refractivity contribution is 0.550. The summed E-state index contributed by atoms with van der Waals surface area (Å²) in [5, 5.41) is 4.32. The minimum atomic E-state index is -3.57. The summed E-state index contributed by atoms with van der Waals surface area (Å²) in [6.07, 6.45) is 0.797. The molecule has 6 nitrogen and oxygen atoms in total. The molecule has 0 amide bonds. The number of thiophene rings is 1. The number of sulfonamides is 1. The molecule has 0 aliphatic heterocycles. The number of rotatable bonds is 7. The zero-order valence-electron chi connectivity index (χ0n) is 14.3. The highest BCUT2D eigenvalue weighted by Crippen LogP contribution is 2.21. The molecule has 0 atom stereocenters. The molecule has 136 valence electrons. The van der Waals surface area contributed by atoms with E-state index in [4.69, 9.17) is 0 Å². The monoisotopic (exact) mass is 389 g/mol. The Labute approximate surface area is 156 Å². The lowest BCUT2D eigenvalue weighted by atomic mass is 10.1. The largest absolute Gasteiger partial charge is 0.268 e. The molecule has 1 aromatic carbocycles. The number of aryl methyl sites for hydroxylation is 1. The van der Waals surface area contributed by atoms with Gasteiger partial charge in [0.1, 0.15) is 4.21 Å². The number of aromatic nitrogens is 2. The second-order valence-electron chi connectivity index (χ2n) is 5.62. The standard InChI is InChI=1S/C18H19N3O3S2/c1-2-15-8-11-18(25-15)26(23,24)19-12-13-21-17(22)10-9-16(20-21)14-6-4-3-5-7-14/h3-11,19H,2,12-13H2,1H3. The van der Waals surface area contributed by atoms with Gasteiger partial charge in [-0.3, -0.25) is 4.79 Å². The summed E-state index contributed by atoms with van der Waals surface area (Å²) in [6, 6.07) is 16.0. The molecule has 2 aromatic heterocycles. The third-order valence-corrected chi connectivity index (χ3v) is 6.98. The van der Waals surface area contributed by atoms with E-state index in [1.54, 1.807) is 12.1 Å². The maximum Gasteiger partial charge on any atom is 0.266 e. The Hall–Kier alpha value is -2.29. The molecule has 0 spiro atoms. The molecule has 2 heterocycles. The van der Waals surface area contributed by atoms with E-state index >= 15 is 0 Å². The SMILES string of the molecule is CCc1ccc(S(=O)(=O)NCCn2nc(-c3ccccc3)ccc2=O)s1. The third kappa shape index (κ3) is 4.27. The van der Waals surface area contributed by atoms with Crippen molar-refractivity contribution in [2.24, 2.45) is 0 Å². The van der Waals surface area contributed by atoms with Crippen LogP contribution in [-0.4, -0.2) is 24.7 Å². The van der Waals surface area contributed by atoms with Crippen LogP contribution in [0.3, 0.4) is 0 Å². The Balaban J connectivity index is 1.71. The second kappa shape index (κ2) is 7.94. The van der Waals surface area contributed by atoms with Gasteiger partial charge in [-0.25, -0.2) is 17.8 Å². The number of benzene rings is 1. The van der Waals surface area contributed by atoms with Crippen LogP contribution in [-0.2, 0) is 23.0 Å². The fourth-order valence-electron chi connectivity index (χ4n) is 2.42. The summed E-state index contributed by atoms with van der Waals surface area (Å²) in [6.45, 7) is 2.23. The minimum absolute atomic E-state index is 0.0901. The van der Waals surface area contributed by atoms with E-state index in [1.165, 1.54) is 22.1 Å². The van der Waals surface area contributed by atoms with Crippen molar-refractivity contribution < 1.29 is 8.42 Å². The quantitative estimate of drug-likeness (QED) is 0.673. The summed E-state index contributed by atoms with van der Waals surface area (Å²) in [5.41, 5.74) is 1.29. The van der Waals surface area contributed by atoms with Crippen LogP contribution in [0.2, 0.25) is 0 Å². The van der Waals surface area contributed by atoms with Crippen LogP contribution in [0.5, 0.6) is 0 Å². The topological polar surface area (TPSA) is 81.1 Å². The van der Waals surface area contributed by atoms with Crippen LogP contribution in [0.15, 0.2) is 63.6 Å². The van der Waals surface area contributed by atoms with Crippen LogP contribution in [0.1, 0.15) is 11.8 Å². The molecular weight excluding hydrogens is 370 g/mol. The van der Waals surface area contributed by atoms with E-state index in [0.29, 0.717) is 5.69 Å². The van der Waals surface area contributed by atoms with Gasteiger partial charge in [-0.2, -0.15) is 5.10 Å². The molecule has 3 aromatic rings. The van der Waals surface area contributed by atoms with Crippen LogP contribution < -0.4 is 10.3 Å². The van der Waals surface area contributed by atoms with Crippen molar-refractivity contribution in [2.45, 2.75) is 24.1 Å². The molecule has 0 aliphatic rings. The predicted molar refractivity (Wildman–Crippen MR) is 103 cm³/mol. The second-order valence-corrected chi connectivity index (χ2v) is 8.78. The van der Waals surface area contributed by atoms with Crippen molar-refractivity contribution in [1.82, 2.24) is 14.5 Å². The van der Waals surface area contributed by atoms with Crippen LogP contribution in [0.25, 0.3) is 11.3 Å². The summed E-state index contributed by atoms with van der Waals surface area (Å²) < 4.78 is 28.7. The van der Waals surface area contributed by atoms with Gasteiger partial charge in [-0.05, 0) is 24.6 Å². The molecule has 0 aliphatic carbocycles. The first-order chi connectivity index (χ1) is 12.5. The van der Waals surface area contributed by atoms with E-state index in [0.717, 1.165) is 16.9 Å². The van der Waals surface area contributed by atoms with Gasteiger partial charge in [-0.15, -0.1) is 11.3 Å². The first-order valence-corrected chi connectivity index (χ1v) is 10.5. The molecule has 0 saturated heterocycles. The first kappa shape index (κ1) is 18.5. The Morgan fingerprint density at radius 3 is 2.54 bits per heavy atom. The lowest BCUT2D eigenvalue weighted by Gasteiger charge is -2.08. The average molecular weight is 390 g/mol. The van der Waals surface area contributed by atoms with Crippen molar-refractivity contribution in [1.29, 1.82) is 0 Å². The van der Waals surface area contributed by atoms with Crippen molar-refractivity contribution in [3.63, 3.8) is 0 Å². The van der Waals surface area contributed by atoms with Gasteiger partial charge in [0.2, 0.25) is 10.0 Å². The molecule has 26 heavy (non-hydrogen) atoms. The molecule has 3 rings (SSSR count). The van der Waals surface area contributed by atoms with E-state index in [2.05, 4.69) is 9.82 Å². The van der Waals surface area contributed by atoms with Gasteiger partial charge >= 0.3 is 0 Å². The number of nitrogens with zero attached hydrogens (tertiary/aromatic N) is 2. The highest BCUT2D eigenvalue weighted by Gasteiger charge is 2.16. The normalized spacial score (nSPS) is 11.6. The summed E-state index contributed by atoms with van der Waals surface area (Å²) in [5.74, 6) is 0. The maximum absolute atomic E-state index is 12.3. The minimum Gasteiger partial charge on any atom is -0.268 e. The van der Waals surface area contributed by atoms with Gasteiger partial charge < -0.3 is 0 Å². The molecule has 0 unspecified atom stereocenters. The lowest BCUT2D eigenvalue weighted by Crippen LogP contribution is -2.31.